The minimum atomic E-state index is -0.511. The number of tetrazole rings is 1. The van der Waals surface area contributed by atoms with Crippen LogP contribution in [-0.4, -0.2) is 49.1 Å². The summed E-state index contributed by atoms with van der Waals surface area (Å²) in [7, 11) is 4.12. The van der Waals surface area contributed by atoms with Gasteiger partial charge in [0.25, 0.3) is 0 Å². The molecule has 2 atom stereocenters. The third-order valence-corrected chi connectivity index (χ3v) is 4.51. The van der Waals surface area contributed by atoms with Crippen molar-refractivity contribution in [1.29, 1.82) is 0 Å². The summed E-state index contributed by atoms with van der Waals surface area (Å²) in [6.45, 7) is 7.06. The Morgan fingerprint density at radius 3 is 2.46 bits per heavy atom. The van der Waals surface area contributed by atoms with Gasteiger partial charge in [-0.2, -0.15) is 5.10 Å². The van der Waals surface area contributed by atoms with Crippen molar-refractivity contribution >= 4 is 11.6 Å². The first kappa shape index (κ1) is 20.2. The maximum absolute atomic E-state index is 6.36. The molecule has 1 aromatic carbocycles. The van der Waals surface area contributed by atoms with Gasteiger partial charge in [0.05, 0.1) is 14.1 Å². The Labute approximate surface area is 169 Å². The lowest BCUT2D eigenvalue weighted by atomic mass is 9.85. The first-order chi connectivity index (χ1) is 13.3. The Kier molecular flexibility index (Phi) is 5.95. The van der Waals surface area contributed by atoms with Crippen LogP contribution in [0.3, 0.4) is 0 Å². The van der Waals surface area contributed by atoms with Gasteiger partial charge in [0.2, 0.25) is 12.1 Å². The zero-order valence-electron chi connectivity index (χ0n) is 16.7. The zero-order valence-corrected chi connectivity index (χ0v) is 17.5. The molecule has 0 saturated heterocycles. The number of rotatable bonds is 7. The van der Waals surface area contributed by atoms with Gasteiger partial charge in [0.1, 0.15) is 31.0 Å². The summed E-state index contributed by atoms with van der Waals surface area (Å²) >= 11 is 6.02. The maximum Gasteiger partial charge on any atom is 0.215 e. The molecular weight excluding hydrogens is 380 g/mol. The van der Waals surface area contributed by atoms with Crippen LogP contribution < -0.4 is 9.64 Å². The molecule has 150 valence electrons. The van der Waals surface area contributed by atoms with E-state index in [1.54, 1.807) is 23.1 Å². The summed E-state index contributed by atoms with van der Waals surface area (Å²) < 4.78 is 9.90. The third-order valence-electron chi connectivity index (χ3n) is 4.26. The van der Waals surface area contributed by atoms with Crippen molar-refractivity contribution in [2.24, 2.45) is 5.41 Å². The summed E-state index contributed by atoms with van der Waals surface area (Å²) in [5.74, 6) is 1.46. The van der Waals surface area contributed by atoms with Crippen LogP contribution in [0.15, 0.2) is 36.9 Å². The molecule has 9 nitrogen and oxygen atoms in total. The van der Waals surface area contributed by atoms with E-state index >= 15 is 0 Å². The molecule has 0 fully saturated rings. The standard InChI is InChI=1S/C18H25ClN8O/c1-18(2,3)16(27-15(10-25(4)5)22-23-24-27)17(26-12-20-11-21-26)28-14-8-6-13(19)7-9-14/h6-9,11-12,16-17H,10H2,1-5H3/p+1/t16-,17+/m0/s1. The van der Waals surface area contributed by atoms with E-state index in [1.807, 2.05) is 16.8 Å². The van der Waals surface area contributed by atoms with Crippen LogP contribution in [0, 0.1) is 5.41 Å². The van der Waals surface area contributed by atoms with Crippen molar-refractivity contribution in [2.45, 2.75) is 39.6 Å². The number of aromatic nitrogens is 7. The Hall–Kier alpha value is -2.52. The average molecular weight is 406 g/mol. The van der Waals surface area contributed by atoms with Crippen LogP contribution in [0.25, 0.3) is 0 Å². The monoisotopic (exact) mass is 405 g/mol. The fourth-order valence-corrected chi connectivity index (χ4v) is 3.17. The van der Waals surface area contributed by atoms with Crippen LogP contribution in [0.4, 0.5) is 0 Å². The van der Waals surface area contributed by atoms with E-state index in [4.69, 9.17) is 16.3 Å². The molecule has 0 spiro atoms. The largest absolute Gasteiger partial charge is 0.466 e. The van der Waals surface area contributed by atoms with Crippen molar-refractivity contribution < 1.29 is 9.64 Å². The molecule has 0 saturated carbocycles. The number of benzene rings is 1. The van der Waals surface area contributed by atoms with Gasteiger partial charge in [-0.1, -0.05) is 32.4 Å². The molecule has 3 aromatic rings. The van der Waals surface area contributed by atoms with E-state index in [-0.39, 0.29) is 11.5 Å². The second kappa shape index (κ2) is 8.24. The highest BCUT2D eigenvalue weighted by molar-refractivity contribution is 6.30. The summed E-state index contributed by atoms with van der Waals surface area (Å²) in [4.78, 5) is 5.32. The van der Waals surface area contributed by atoms with Gasteiger partial charge in [0, 0.05) is 5.02 Å². The minimum Gasteiger partial charge on any atom is -0.466 e. The van der Waals surface area contributed by atoms with Crippen molar-refractivity contribution in [3.8, 4) is 5.75 Å². The molecule has 0 aliphatic carbocycles. The van der Waals surface area contributed by atoms with E-state index in [0.29, 0.717) is 17.3 Å². The molecule has 2 heterocycles. The number of quaternary nitrogens is 1. The first-order valence-corrected chi connectivity index (χ1v) is 9.45. The van der Waals surface area contributed by atoms with E-state index in [2.05, 4.69) is 60.5 Å². The van der Waals surface area contributed by atoms with E-state index in [9.17, 15) is 0 Å². The van der Waals surface area contributed by atoms with Gasteiger partial charge in [-0.15, -0.1) is 5.10 Å². The molecule has 0 amide bonds. The predicted molar refractivity (Wildman–Crippen MR) is 104 cm³/mol. The highest BCUT2D eigenvalue weighted by Gasteiger charge is 2.40. The van der Waals surface area contributed by atoms with E-state index in [1.165, 1.54) is 11.2 Å². The average Bonchev–Trinajstić information content (AvgIpc) is 3.27. The van der Waals surface area contributed by atoms with E-state index in [0.717, 1.165) is 5.82 Å². The van der Waals surface area contributed by atoms with Gasteiger partial charge >= 0.3 is 0 Å². The van der Waals surface area contributed by atoms with Crippen molar-refractivity contribution in [2.75, 3.05) is 14.1 Å². The SMILES string of the molecule is C[NH+](C)Cc1nnnn1[C@@H]([C@@H](Oc1ccc(Cl)cc1)n1cncn1)C(C)(C)C. The molecular formula is C18H26ClN8O+. The summed E-state index contributed by atoms with van der Waals surface area (Å²) in [5.41, 5.74) is -0.241. The number of hydrogen-bond donors (Lipinski definition) is 1. The van der Waals surface area contributed by atoms with Gasteiger partial charge in [-0.3, -0.25) is 0 Å². The molecule has 3 rings (SSSR count). The molecule has 0 aliphatic rings. The van der Waals surface area contributed by atoms with E-state index < -0.39 is 6.23 Å². The second-order valence-electron chi connectivity index (χ2n) is 8.07. The van der Waals surface area contributed by atoms with Crippen molar-refractivity contribution in [3.05, 3.63) is 47.8 Å². The topological polar surface area (TPSA) is 88.0 Å². The van der Waals surface area contributed by atoms with Gasteiger partial charge in [-0.05, 0) is 40.1 Å². The molecule has 28 heavy (non-hydrogen) atoms. The van der Waals surface area contributed by atoms with Gasteiger partial charge in [-0.25, -0.2) is 14.3 Å². The summed E-state index contributed by atoms with van der Waals surface area (Å²) in [5, 5.41) is 17.4. The van der Waals surface area contributed by atoms with Gasteiger partial charge < -0.3 is 9.64 Å². The minimum absolute atomic E-state index is 0.241. The highest BCUT2D eigenvalue weighted by Crippen LogP contribution is 2.40. The molecule has 2 aromatic heterocycles. The number of halogens is 1. The predicted octanol–water partition coefficient (Wildman–Crippen LogP) is 1.43. The van der Waals surface area contributed by atoms with Crippen LogP contribution in [0.2, 0.25) is 5.02 Å². The molecule has 1 N–H and O–H groups in total. The number of nitrogens with one attached hydrogen (secondary N) is 1. The Morgan fingerprint density at radius 2 is 1.89 bits per heavy atom. The fourth-order valence-electron chi connectivity index (χ4n) is 3.04. The molecule has 0 bridgehead atoms. The molecule has 0 aliphatic heterocycles. The molecule has 10 heteroatoms. The summed E-state index contributed by atoms with van der Waals surface area (Å²) in [6.07, 6.45) is 2.62. The second-order valence-corrected chi connectivity index (χ2v) is 8.51. The highest BCUT2D eigenvalue weighted by atomic mass is 35.5. The number of hydrogen-bond acceptors (Lipinski definition) is 6. The lowest BCUT2D eigenvalue weighted by Crippen LogP contribution is -3.04. The van der Waals surface area contributed by atoms with Crippen LogP contribution in [0.1, 0.15) is 38.9 Å². The van der Waals surface area contributed by atoms with Gasteiger partial charge in [0.15, 0.2) is 0 Å². The van der Waals surface area contributed by atoms with Crippen LogP contribution in [0.5, 0.6) is 5.75 Å². The number of nitrogens with zero attached hydrogens (tertiary/aromatic N) is 7. The summed E-state index contributed by atoms with van der Waals surface area (Å²) in [6, 6.07) is 7.00. The van der Waals surface area contributed by atoms with Crippen LogP contribution >= 0.6 is 11.6 Å². The molecule has 0 radical (unpaired) electrons. The smallest absolute Gasteiger partial charge is 0.215 e. The van der Waals surface area contributed by atoms with Crippen LogP contribution in [-0.2, 0) is 6.54 Å². The van der Waals surface area contributed by atoms with Crippen molar-refractivity contribution in [3.63, 3.8) is 0 Å². The Balaban J connectivity index is 2.05. The third kappa shape index (κ3) is 4.66. The van der Waals surface area contributed by atoms with Crippen molar-refractivity contribution in [1.82, 2.24) is 35.0 Å². The first-order valence-electron chi connectivity index (χ1n) is 9.08. The lowest BCUT2D eigenvalue weighted by Gasteiger charge is -2.36. The quantitative estimate of drug-likeness (QED) is 0.639. The Morgan fingerprint density at radius 1 is 1.18 bits per heavy atom. The number of ether oxygens (including phenoxy) is 1. The lowest BCUT2D eigenvalue weighted by molar-refractivity contribution is -0.873. The zero-order chi connectivity index (χ0) is 20.3. The normalized spacial score (nSPS) is 14.2. The fraction of sp³-hybridized carbons (Fsp3) is 0.500. The maximum atomic E-state index is 6.36. The molecule has 0 unspecified atom stereocenters. The Bertz CT molecular complexity index is 870.